The summed E-state index contributed by atoms with van der Waals surface area (Å²) in [7, 11) is 0. The highest BCUT2D eigenvalue weighted by atomic mass is 19.3. The summed E-state index contributed by atoms with van der Waals surface area (Å²) >= 11 is 0. The summed E-state index contributed by atoms with van der Waals surface area (Å²) in [6.07, 6.45) is -6.57. The van der Waals surface area contributed by atoms with Crippen LogP contribution in [0.15, 0.2) is 35.5 Å². The second-order valence-corrected chi connectivity index (χ2v) is 1.78. The van der Waals surface area contributed by atoms with E-state index in [9.17, 15) is 35.1 Å². The van der Waals surface area contributed by atoms with Crippen molar-refractivity contribution in [2.24, 2.45) is 0 Å². The van der Waals surface area contributed by atoms with E-state index in [0.717, 1.165) is 0 Å². The lowest BCUT2D eigenvalue weighted by molar-refractivity contribution is 0.351. The summed E-state index contributed by atoms with van der Waals surface area (Å²) in [4.78, 5) is 0. The predicted octanol–water partition coefficient (Wildman–Crippen LogP) is 4.29. The van der Waals surface area contributed by atoms with Gasteiger partial charge < -0.3 is 0 Å². The van der Waals surface area contributed by atoms with Crippen molar-refractivity contribution in [1.82, 2.24) is 0 Å². The first-order valence-corrected chi connectivity index (χ1v) is 2.76. The van der Waals surface area contributed by atoms with Gasteiger partial charge in [-0.05, 0) is 0 Å². The van der Waals surface area contributed by atoms with E-state index in [2.05, 4.69) is 0 Å². The topological polar surface area (TPSA) is 0 Å². The van der Waals surface area contributed by atoms with Gasteiger partial charge in [-0.1, -0.05) is 0 Å². The van der Waals surface area contributed by atoms with Crippen LogP contribution >= 0.6 is 0 Å². The minimum absolute atomic E-state index is 3.02. The molecule has 0 bridgehead atoms. The fourth-order valence-electron chi connectivity index (χ4n) is 0.359. The SMILES string of the molecule is FC(F)=C(F)/C(F)=C(/F)C(F)=C(F)F. The average Bonchev–Trinajstić information content (AvgIpc) is 2.12. The third-order valence-electron chi connectivity index (χ3n) is 0.910. The highest BCUT2D eigenvalue weighted by Crippen LogP contribution is 2.30. The van der Waals surface area contributed by atoms with E-state index in [1.165, 1.54) is 0 Å². The Kier molecular flexibility index (Phi) is 4.32. The van der Waals surface area contributed by atoms with Gasteiger partial charge in [-0.25, -0.2) is 8.78 Å². The Morgan fingerprint density at radius 2 is 0.571 bits per heavy atom. The standard InChI is InChI=1S/C6F8/c7-1(3(9)5(11)12)2(8)4(10)6(13)14/b2-1-. The Morgan fingerprint density at radius 1 is 0.357 bits per heavy atom. The van der Waals surface area contributed by atoms with Crippen molar-refractivity contribution in [3.05, 3.63) is 35.5 Å². The molecule has 0 unspecified atom stereocenters. The van der Waals surface area contributed by atoms with Crippen LogP contribution in [0, 0.1) is 0 Å². The van der Waals surface area contributed by atoms with E-state index >= 15 is 0 Å². The summed E-state index contributed by atoms with van der Waals surface area (Å²) < 4.78 is 92.7. The molecule has 0 saturated carbocycles. The van der Waals surface area contributed by atoms with Gasteiger partial charge >= 0.3 is 12.2 Å². The van der Waals surface area contributed by atoms with E-state index in [0.29, 0.717) is 0 Å². The van der Waals surface area contributed by atoms with Gasteiger partial charge in [0.15, 0.2) is 0 Å². The Morgan fingerprint density at radius 3 is 0.714 bits per heavy atom. The number of rotatable bonds is 2. The van der Waals surface area contributed by atoms with Gasteiger partial charge in [-0.3, -0.25) is 0 Å². The Labute approximate surface area is 71.8 Å². The molecule has 8 heteroatoms. The lowest BCUT2D eigenvalue weighted by Gasteiger charge is -1.94. The first-order valence-electron chi connectivity index (χ1n) is 2.76. The molecule has 0 radical (unpaired) electrons. The van der Waals surface area contributed by atoms with Crippen molar-refractivity contribution >= 4 is 0 Å². The second-order valence-electron chi connectivity index (χ2n) is 1.78. The van der Waals surface area contributed by atoms with Gasteiger partial charge in [0, 0.05) is 0 Å². The fraction of sp³-hybridized carbons (Fsp3) is 0. The van der Waals surface area contributed by atoms with Crippen molar-refractivity contribution in [3.8, 4) is 0 Å². The molecule has 0 aromatic heterocycles. The largest absolute Gasteiger partial charge is 0.308 e. The third-order valence-corrected chi connectivity index (χ3v) is 0.910. The van der Waals surface area contributed by atoms with Crippen LogP contribution in [0.3, 0.4) is 0 Å². The van der Waals surface area contributed by atoms with E-state index in [4.69, 9.17) is 0 Å². The maximum Gasteiger partial charge on any atom is 0.308 e. The van der Waals surface area contributed by atoms with Crippen molar-refractivity contribution in [2.75, 3.05) is 0 Å². The molecule has 0 aliphatic rings. The van der Waals surface area contributed by atoms with E-state index < -0.39 is 35.5 Å². The molecular formula is C6F8. The van der Waals surface area contributed by atoms with E-state index in [-0.39, 0.29) is 0 Å². The third kappa shape index (κ3) is 2.86. The van der Waals surface area contributed by atoms with Crippen LogP contribution in [0.25, 0.3) is 0 Å². The van der Waals surface area contributed by atoms with Gasteiger partial charge in [0.05, 0.1) is 0 Å². The van der Waals surface area contributed by atoms with Crippen molar-refractivity contribution in [1.29, 1.82) is 0 Å². The molecule has 0 aromatic rings. The molecule has 0 saturated heterocycles. The second kappa shape index (κ2) is 4.77. The van der Waals surface area contributed by atoms with Crippen LogP contribution in [0.2, 0.25) is 0 Å². The smallest absolute Gasteiger partial charge is 0.200 e. The maximum absolute atomic E-state index is 12.0. The summed E-state index contributed by atoms with van der Waals surface area (Å²) in [5, 5.41) is 0. The number of hydrogen-bond donors (Lipinski definition) is 0. The highest BCUT2D eigenvalue weighted by Gasteiger charge is 2.23. The van der Waals surface area contributed by atoms with Crippen molar-refractivity contribution in [3.63, 3.8) is 0 Å². The van der Waals surface area contributed by atoms with E-state index in [1.54, 1.807) is 0 Å². The van der Waals surface area contributed by atoms with Gasteiger partial charge in [-0.2, -0.15) is 26.3 Å². The molecule has 0 aliphatic carbocycles. The molecule has 0 aromatic carbocycles. The van der Waals surface area contributed by atoms with Gasteiger partial charge in [0.1, 0.15) is 0 Å². The Bertz CT molecular complexity index is 283. The molecule has 14 heavy (non-hydrogen) atoms. The molecule has 0 N–H and O–H groups in total. The van der Waals surface area contributed by atoms with Crippen molar-refractivity contribution < 1.29 is 35.1 Å². The number of allylic oxidation sites excluding steroid dienone is 4. The highest BCUT2D eigenvalue weighted by molar-refractivity contribution is 5.31. The molecule has 0 spiro atoms. The summed E-state index contributed by atoms with van der Waals surface area (Å²) in [6, 6.07) is 0. The van der Waals surface area contributed by atoms with Crippen LogP contribution < -0.4 is 0 Å². The quantitative estimate of drug-likeness (QED) is 0.484. The van der Waals surface area contributed by atoms with Crippen molar-refractivity contribution in [2.45, 2.75) is 0 Å². The molecule has 80 valence electrons. The maximum atomic E-state index is 12.0. The molecule has 0 fully saturated rings. The normalized spacial score (nSPS) is 12.0. The van der Waals surface area contributed by atoms with Gasteiger partial charge in [0.2, 0.25) is 23.3 Å². The lowest BCUT2D eigenvalue weighted by Crippen LogP contribution is -1.86. The van der Waals surface area contributed by atoms with Crippen LogP contribution in [0.4, 0.5) is 35.1 Å². The first-order chi connectivity index (χ1) is 6.29. The fourth-order valence-corrected chi connectivity index (χ4v) is 0.359. The van der Waals surface area contributed by atoms with Gasteiger partial charge in [0.25, 0.3) is 0 Å². The lowest BCUT2D eigenvalue weighted by atomic mass is 10.4. The molecule has 0 heterocycles. The van der Waals surface area contributed by atoms with Gasteiger partial charge in [-0.15, -0.1) is 0 Å². The summed E-state index contributed by atoms with van der Waals surface area (Å²) in [5.74, 6) is -12.1. The Hall–Kier alpha value is -1.34. The molecule has 0 amide bonds. The average molecular weight is 224 g/mol. The van der Waals surface area contributed by atoms with Crippen LogP contribution in [0.1, 0.15) is 0 Å². The zero-order valence-electron chi connectivity index (χ0n) is 6.02. The predicted molar refractivity (Wildman–Crippen MR) is 29.9 cm³/mol. The zero-order valence-corrected chi connectivity index (χ0v) is 6.02. The number of hydrogen-bond acceptors (Lipinski definition) is 0. The zero-order chi connectivity index (χ0) is 11.5. The summed E-state index contributed by atoms with van der Waals surface area (Å²) in [6.45, 7) is 0. The monoisotopic (exact) mass is 224 g/mol. The molecule has 0 atom stereocenters. The van der Waals surface area contributed by atoms with Crippen LogP contribution in [-0.4, -0.2) is 0 Å². The number of halogens is 8. The van der Waals surface area contributed by atoms with Crippen LogP contribution in [0.5, 0.6) is 0 Å². The first kappa shape index (κ1) is 12.7. The minimum Gasteiger partial charge on any atom is -0.200 e. The molecule has 0 rings (SSSR count). The molecule has 0 aliphatic heterocycles. The summed E-state index contributed by atoms with van der Waals surface area (Å²) in [5.41, 5.74) is 0. The van der Waals surface area contributed by atoms with Crippen LogP contribution in [-0.2, 0) is 0 Å². The Balaban J connectivity index is 5.37. The molecular weight excluding hydrogens is 224 g/mol. The van der Waals surface area contributed by atoms with E-state index in [1.807, 2.05) is 0 Å². The molecule has 0 nitrogen and oxygen atoms in total. The minimum atomic E-state index is -3.29.